The van der Waals surface area contributed by atoms with Crippen molar-refractivity contribution in [1.29, 1.82) is 0 Å². The molecule has 0 fully saturated rings. The van der Waals surface area contributed by atoms with Crippen LogP contribution in [0.1, 0.15) is 6.42 Å². The fourth-order valence-corrected chi connectivity index (χ4v) is 2.73. The highest BCUT2D eigenvalue weighted by atomic mass is 35.5. The van der Waals surface area contributed by atoms with E-state index in [0.29, 0.717) is 9.92 Å². The van der Waals surface area contributed by atoms with Crippen LogP contribution in [0.4, 0.5) is 0 Å². The van der Waals surface area contributed by atoms with E-state index in [-0.39, 0.29) is 18.0 Å². The number of carboxylic acid groups (broad SMARTS) is 1. The molecule has 0 aliphatic carbocycles. The van der Waals surface area contributed by atoms with Crippen molar-refractivity contribution in [2.75, 3.05) is 13.6 Å². The van der Waals surface area contributed by atoms with Crippen LogP contribution in [0.15, 0.2) is 23.1 Å². The SMILES string of the molecule is CN(CCC(=O)O)S(=O)c1cccc(Cl)c1Cl. The number of halogens is 2. The van der Waals surface area contributed by atoms with Crippen LogP contribution in [0.2, 0.25) is 10.0 Å². The van der Waals surface area contributed by atoms with Gasteiger partial charge < -0.3 is 5.11 Å². The Balaban J connectivity index is 2.82. The second kappa shape index (κ2) is 6.35. The molecule has 0 bridgehead atoms. The highest BCUT2D eigenvalue weighted by Gasteiger charge is 2.16. The molecule has 7 heteroatoms. The number of benzene rings is 1. The first kappa shape index (κ1) is 14.4. The lowest BCUT2D eigenvalue weighted by Crippen LogP contribution is -2.24. The van der Waals surface area contributed by atoms with Crippen LogP contribution in [-0.4, -0.2) is 33.2 Å². The number of carboxylic acids is 1. The highest BCUT2D eigenvalue weighted by molar-refractivity contribution is 7.82. The van der Waals surface area contributed by atoms with Gasteiger partial charge in [0.2, 0.25) is 0 Å². The van der Waals surface area contributed by atoms with Crippen molar-refractivity contribution in [3.63, 3.8) is 0 Å². The molecule has 0 radical (unpaired) electrons. The van der Waals surface area contributed by atoms with Gasteiger partial charge in [0.25, 0.3) is 0 Å². The molecule has 0 saturated carbocycles. The van der Waals surface area contributed by atoms with Crippen LogP contribution in [0, 0.1) is 0 Å². The van der Waals surface area contributed by atoms with E-state index >= 15 is 0 Å². The Morgan fingerprint density at radius 2 is 2.12 bits per heavy atom. The van der Waals surface area contributed by atoms with Crippen molar-refractivity contribution in [3.05, 3.63) is 28.2 Å². The van der Waals surface area contributed by atoms with Crippen molar-refractivity contribution >= 4 is 40.2 Å². The fourth-order valence-electron chi connectivity index (χ4n) is 1.12. The number of nitrogens with zero attached hydrogens (tertiary/aromatic N) is 1. The Kier molecular flexibility index (Phi) is 5.39. The van der Waals surface area contributed by atoms with Gasteiger partial charge in [0.1, 0.15) is 11.0 Å². The van der Waals surface area contributed by atoms with Gasteiger partial charge in [-0.15, -0.1) is 0 Å². The topological polar surface area (TPSA) is 57.6 Å². The van der Waals surface area contributed by atoms with E-state index in [2.05, 4.69) is 0 Å². The Hall–Kier alpha value is -0.620. The Morgan fingerprint density at radius 3 is 2.71 bits per heavy atom. The van der Waals surface area contributed by atoms with Gasteiger partial charge in [0.05, 0.1) is 21.4 Å². The van der Waals surface area contributed by atoms with Gasteiger partial charge >= 0.3 is 5.97 Å². The molecule has 1 rings (SSSR count). The van der Waals surface area contributed by atoms with Crippen molar-refractivity contribution in [2.45, 2.75) is 11.3 Å². The van der Waals surface area contributed by atoms with E-state index in [1.807, 2.05) is 0 Å². The summed E-state index contributed by atoms with van der Waals surface area (Å²) in [5.74, 6) is -0.939. The average molecular weight is 296 g/mol. The zero-order chi connectivity index (χ0) is 13.0. The van der Waals surface area contributed by atoms with Gasteiger partial charge in [0, 0.05) is 13.6 Å². The monoisotopic (exact) mass is 295 g/mol. The van der Waals surface area contributed by atoms with Crippen molar-refractivity contribution in [1.82, 2.24) is 4.31 Å². The molecule has 1 aromatic carbocycles. The quantitative estimate of drug-likeness (QED) is 0.908. The van der Waals surface area contributed by atoms with Crippen molar-refractivity contribution in [2.24, 2.45) is 0 Å². The molecular formula is C10H11Cl2NO3S. The van der Waals surface area contributed by atoms with Gasteiger partial charge in [-0.25, -0.2) is 8.51 Å². The molecule has 94 valence electrons. The summed E-state index contributed by atoms with van der Waals surface area (Å²) in [6, 6.07) is 4.84. The van der Waals surface area contributed by atoms with Crippen molar-refractivity contribution < 1.29 is 14.1 Å². The molecule has 0 heterocycles. The molecular weight excluding hydrogens is 285 g/mol. The summed E-state index contributed by atoms with van der Waals surface area (Å²) >= 11 is 11.7. The van der Waals surface area contributed by atoms with E-state index in [4.69, 9.17) is 28.3 Å². The van der Waals surface area contributed by atoms with Gasteiger partial charge in [-0.1, -0.05) is 29.3 Å². The first-order valence-electron chi connectivity index (χ1n) is 4.72. The summed E-state index contributed by atoms with van der Waals surface area (Å²) in [4.78, 5) is 10.8. The summed E-state index contributed by atoms with van der Waals surface area (Å²) < 4.78 is 13.4. The summed E-state index contributed by atoms with van der Waals surface area (Å²) in [6.45, 7) is 0.171. The minimum atomic E-state index is -1.51. The number of hydrogen-bond donors (Lipinski definition) is 1. The minimum absolute atomic E-state index is 0.0829. The average Bonchev–Trinajstić information content (AvgIpc) is 2.28. The predicted molar refractivity (Wildman–Crippen MR) is 67.8 cm³/mol. The zero-order valence-electron chi connectivity index (χ0n) is 9.02. The third kappa shape index (κ3) is 3.96. The number of hydrogen-bond acceptors (Lipinski definition) is 2. The van der Waals surface area contributed by atoms with E-state index in [0.717, 1.165) is 0 Å². The molecule has 0 spiro atoms. The standard InChI is InChI=1S/C10H11Cl2NO3S/c1-13(6-5-9(14)15)17(16)8-4-2-3-7(11)10(8)12/h2-4H,5-6H2,1H3,(H,14,15). The van der Waals surface area contributed by atoms with Crippen molar-refractivity contribution in [3.8, 4) is 0 Å². The van der Waals surface area contributed by atoms with Crippen LogP contribution in [0.25, 0.3) is 0 Å². The predicted octanol–water partition coefficient (Wildman–Crippen LogP) is 2.42. The molecule has 1 aromatic rings. The third-order valence-corrected chi connectivity index (χ3v) is 4.42. The molecule has 1 unspecified atom stereocenters. The maximum atomic E-state index is 12.0. The Morgan fingerprint density at radius 1 is 1.47 bits per heavy atom. The van der Waals surface area contributed by atoms with E-state index in [9.17, 15) is 9.00 Å². The number of carbonyl (C=O) groups is 1. The third-order valence-electron chi connectivity index (χ3n) is 2.03. The van der Waals surface area contributed by atoms with E-state index < -0.39 is 17.0 Å². The molecule has 0 aliphatic rings. The Bertz CT molecular complexity index is 453. The zero-order valence-corrected chi connectivity index (χ0v) is 11.3. The lowest BCUT2D eigenvalue weighted by molar-refractivity contribution is -0.137. The molecule has 1 atom stereocenters. The van der Waals surface area contributed by atoms with Gasteiger partial charge in [-0.3, -0.25) is 4.79 Å². The summed E-state index contributed by atoms with van der Waals surface area (Å²) in [7, 11) is 0.0529. The second-order valence-corrected chi connectivity index (χ2v) is 5.64. The fraction of sp³-hybridized carbons (Fsp3) is 0.300. The van der Waals surface area contributed by atoms with Gasteiger partial charge in [-0.2, -0.15) is 0 Å². The van der Waals surface area contributed by atoms with Crippen LogP contribution in [0.5, 0.6) is 0 Å². The molecule has 17 heavy (non-hydrogen) atoms. The maximum Gasteiger partial charge on any atom is 0.304 e. The molecule has 4 nitrogen and oxygen atoms in total. The molecule has 0 saturated heterocycles. The van der Waals surface area contributed by atoms with Crippen LogP contribution >= 0.6 is 23.2 Å². The summed E-state index contributed by atoms with van der Waals surface area (Å²) in [5.41, 5.74) is 0. The minimum Gasteiger partial charge on any atom is -0.481 e. The van der Waals surface area contributed by atoms with Crippen LogP contribution in [0.3, 0.4) is 0 Å². The molecule has 0 aromatic heterocycles. The lowest BCUT2D eigenvalue weighted by Gasteiger charge is -2.15. The highest BCUT2D eigenvalue weighted by Crippen LogP contribution is 2.28. The van der Waals surface area contributed by atoms with Gasteiger partial charge in [-0.05, 0) is 12.1 Å². The van der Waals surface area contributed by atoms with Gasteiger partial charge in [0.15, 0.2) is 0 Å². The Labute approximate surface area is 112 Å². The summed E-state index contributed by atoms with van der Waals surface area (Å²) in [6.07, 6.45) is -0.0829. The molecule has 0 amide bonds. The summed E-state index contributed by atoms with van der Waals surface area (Å²) in [5, 5.41) is 9.10. The first-order chi connectivity index (χ1) is 7.93. The van der Waals surface area contributed by atoms with Crippen LogP contribution < -0.4 is 0 Å². The number of rotatable bonds is 5. The second-order valence-electron chi connectivity index (χ2n) is 3.30. The normalized spacial score (nSPS) is 12.7. The maximum absolute atomic E-state index is 12.0. The van der Waals surface area contributed by atoms with E-state index in [1.54, 1.807) is 25.2 Å². The van der Waals surface area contributed by atoms with Crippen LogP contribution in [-0.2, 0) is 15.8 Å². The molecule has 0 aliphatic heterocycles. The molecule has 1 N–H and O–H groups in total. The lowest BCUT2D eigenvalue weighted by atomic mass is 10.4. The smallest absolute Gasteiger partial charge is 0.304 e. The largest absolute Gasteiger partial charge is 0.481 e. The first-order valence-corrected chi connectivity index (χ1v) is 6.58. The number of aliphatic carboxylic acids is 1. The van der Waals surface area contributed by atoms with E-state index in [1.165, 1.54) is 4.31 Å².